The number of hydrogen-bond acceptors (Lipinski definition) is 2. The lowest BCUT2D eigenvalue weighted by Gasteiger charge is -2.07. The van der Waals surface area contributed by atoms with Crippen LogP contribution in [0, 0.1) is 11.3 Å². The van der Waals surface area contributed by atoms with Gasteiger partial charge in [-0.15, -0.1) is 0 Å². The topological polar surface area (TPSA) is 41.6 Å². The van der Waals surface area contributed by atoms with Gasteiger partial charge in [0.15, 0.2) is 0 Å². The minimum absolute atomic E-state index is 0.663. The molecule has 0 atom stereocenters. The highest BCUT2D eigenvalue weighted by atomic mass is 15.1. The van der Waals surface area contributed by atoms with Crippen molar-refractivity contribution in [3.05, 3.63) is 53.6 Å². The summed E-state index contributed by atoms with van der Waals surface area (Å²) in [4.78, 5) is 4.72. The zero-order chi connectivity index (χ0) is 14.1. The van der Waals surface area contributed by atoms with Crippen molar-refractivity contribution >= 4 is 11.0 Å². The Hall–Kier alpha value is -2.60. The molecule has 3 nitrogen and oxygen atoms in total. The van der Waals surface area contributed by atoms with Crippen molar-refractivity contribution in [2.24, 2.45) is 7.05 Å². The molecule has 0 aliphatic carbocycles. The number of fused-ring (bicyclic) bond motifs is 1. The van der Waals surface area contributed by atoms with Crippen molar-refractivity contribution in [2.75, 3.05) is 0 Å². The van der Waals surface area contributed by atoms with Crippen molar-refractivity contribution in [3.63, 3.8) is 0 Å². The molecule has 0 aliphatic rings. The maximum atomic E-state index is 9.01. The highest BCUT2D eigenvalue weighted by molar-refractivity contribution is 5.82. The van der Waals surface area contributed by atoms with E-state index in [2.05, 4.69) is 35.8 Å². The van der Waals surface area contributed by atoms with Gasteiger partial charge in [0.05, 0.1) is 22.7 Å². The number of aryl methyl sites for hydroxylation is 2. The molecule has 0 aliphatic heterocycles. The van der Waals surface area contributed by atoms with E-state index >= 15 is 0 Å². The molecule has 0 radical (unpaired) electrons. The van der Waals surface area contributed by atoms with E-state index in [1.165, 1.54) is 5.56 Å². The van der Waals surface area contributed by atoms with E-state index in [1.54, 1.807) is 0 Å². The lowest BCUT2D eigenvalue weighted by Crippen LogP contribution is -1.96. The Balaban J connectivity index is 2.27. The normalized spacial score (nSPS) is 10.7. The third kappa shape index (κ3) is 1.86. The molecule has 2 aromatic carbocycles. The van der Waals surface area contributed by atoms with E-state index in [0.29, 0.717) is 5.56 Å². The molecule has 3 heteroatoms. The first kappa shape index (κ1) is 12.4. The molecule has 0 saturated heterocycles. The van der Waals surface area contributed by atoms with Gasteiger partial charge in [-0.1, -0.05) is 31.2 Å². The van der Waals surface area contributed by atoms with Gasteiger partial charge in [-0.25, -0.2) is 4.98 Å². The molecule has 98 valence electrons. The highest BCUT2D eigenvalue weighted by Crippen LogP contribution is 2.27. The molecular formula is C17H15N3. The number of nitriles is 1. The lowest BCUT2D eigenvalue weighted by molar-refractivity contribution is 0.953. The highest BCUT2D eigenvalue weighted by Gasteiger charge is 2.12. The second-order valence-corrected chi connectivity index (χ2v) is 4.82. The summed E-state index contributed by atoms with van der Waals surface area (Å²) in [7, 11) is 2.00. The van der Waals surface area contributed by atoms with E-state index in [-0.39, 0.29) is 0 Å². The number of hydrogen-bond donors (Lipinski definition) is 0. The van der Waals surface area contributed by atoms with Crippen LogP contribution < -0.4 is 0 Å². The Morgan fingerprint density at radius 3 is 2.75 bits per heavy atom. The predicted molar refractivity (Wildman–Crippen MR) is 80.2 cm³/mol. The summed E-state index contributed by atoms with van der Waals surface area (Å²) in [6.07, 6.45) is 0.975. The van der Waals surface area contributed by atoms with Crippen molar-refractivity contribution in [1.29, 1.82) is 5.26 Å². The molecule has 3 rings (SSSR count). The van der Waals surface area contributed by atoms with Crippen LogP contribution in [0.1, 0.15) is 18.1 Å². The summed E-state index contributed by atoms with van der Waals surface area (Å²) < 4.78 is 2.06. The van der Waals surface area contributed by atoms with Gasteiger partial charge in [-0.05, 0) is 30.2 Å². The Kier molecular flexibility index (Phi) is 3.00. The van der Waals surface area contributed by atoms with Crippen molar-refractivity contribution in [2.45, 2.75) is 13.3 Å². The van der Waals surface area contributed by atoms with Gasteiger partial charge in [0.1, 0.15) is 5.82 Å². The van der Waals surface area contributed by atoms with E-state index in [4.69, 9.17) is 10.2 Å². The van der Waals surface area contributed by atoms with E-state index in [0.717, 1.165) is 28.8 Å². The Labute approximate surface area is 118 Å². The van der Waals surface area contributed by atoms with Gasteiger partial charge < -0.3 is 4.57 Å². The van der Waals surface area contributed by atoms with Crippen LogP contribution in [0.25, 0.3) is 22.4 Å². The van der Waals surface area contributed by atoms with E-state index < -0.39 is 0 Å². The van der Waals surface area contributed by atoms with Crippen LogP contribution in [0.2, 0.25) is 0 Å². The van der Waals surface area contributed by atoms with Crippen LogP contribution in [-0.2, 0) is 13.5 Å². The van der Waals surface area contributed by atoms with Crippen LogP contribution in [0.4, 0.5) is 0 Å². The van der Waals surface area contributed by atoms with Crippen LogP contribution in [0.3, 0.4) is 0 Å². The number of aromatic nitrogens is 2. The molecule has 1 heterocycles. The zero-order valence-electron chi connectivity index (χ0n) is 11.6. The van der Waals surface area contributed by atoms with Crippen LogP contribution >= 0.6 is 0 Å². The first-order valence-corrected chi connectivity index (χ1v) is 6.69. The summed E-state index contributed by atoms with van der Waals surface area (Å²) in [5, 5.41) is 9.01. The smallest absolute Gasteiger partial charge is 0.141 e. The number of benzene rings is 2. The maximum Gasteiger partial charge on any atom is 0.141 e. The quantitative estimate of drug-likeness (QED) is 0.706. The van der Waals surface area contributed by atoms with Crippen LogP contribution in [0.5, 0.6) is 0 Å². The summed E-state index contributed by atoms with van der Waals surface area (Å²) in [6.45, 7) is 2.15. The Morgan fingerprint density at radius 2 is 2.00 bits per heavy atom. The SMILES string of the molecule is CCc1ccccc1-c1nc2ccc(C#N)cc2n1C. The van der Waals surface area contributed by atoms with Crippen molar-refractivity contribution in [3.8, 4) is 17.5 Å². The van der Waals surface area contributed by atoms with Gasteiger partial charge in [-0.2, -0.15) is 5.26 Å². The predicted octanol–water partition coefficient (Wildman–Crippen LogP) is 3.67. The number of nitrogens with zero attached hydrogens (tertiary/aromatic N) is 3. The van der Waals surface area contributed by atoms with Crippen LogP contribution in [-0.4, -0.2) is 9.55 Å². The largest absolute Gasteiger partial charge is 0.327 e. The standard InChI is InChI=1S/C17H15N3/c1-3-13-6-4-5-7-14(13)17-19-15-9-8-12(11-18)10-16(15)20(17)2/h4-10H,3H2,1-2H3. The summed E-state index contributed by atoms with van der Waals surface area (Å²) >= 11 is 0. The molecular weight excluding hydrogens is 246 g/mol. The van der Waals surface area contributed by atoms with Gasteiger partial charge in [-0.3, -0.25) is 0 Å². The van der Waals surface area contributed by atoms with Gasteiger partial charge >= 0.3 is 0 Å². The molecule has 0 unspecified atom stereocenters. The summed E-state index contributed by atoms with van der Waals surface area (Å²) in [5.41, 5.74) is 5.02. The fourth-order valence-corrected chi connectivity index (χ4v) is 2.55. The molecule has 0 spiro atoms. The van der Waals surface area contributed by atoms with Gasteiger partial charge in [0.2, 0.25) is 0 Å². The van der Waals surface area contributed by atoms with Crippen molar-refractivity contribution < 1.29 is 0 Å². The molecule has 0 N–H and O–H groups in total. The minimum Gasteiger partial charge on any atom is -0.327 e. The average molecular weight is 261 g/mol. The molecule has 0 fully saturated rings. The third-order valence-corrected chi connectivity index (χ3v) is 3.65. The molecule has 0 bridgehead atoms. The molecule has 3 aromatic rings. The summed E-state index contributed by atoms with van der Waals surface area (Å²) in [5.74, 6) is 0.951. The second-order valence-electron chi connectivity index (χ2n) is 4.82. The van der Waals surface area contributed by atoms with Crippen molar-refractivity contribution in [1.82, 2.24) is 9.55 Å². The Bertz CT molecular complexity index is 822. The third-order valence-electron chi connectivity index (χ3n) is 3.65. The molecule has 0 amide bonds. The van der Waals surface area contributed by atoms with Gasteiger partial charge in [0, 0.05) is 12.6 Å². The minimum atomic E-state index is 0.663. The fourth-order valence-electron chi connectivity index (χ4n) is 2.55. The Morgan fingerprint density at radius 1 is 1.20 bits per heavy atom. The second kappa shape index (κ2) is 4.82. The lowest BCUT2D eigenvalue weighted by atomic mass is 10.0. The molecule has 1 aromatic heterocycles. The van der Waals surface area contributed by atoms with Gasteiger partial charge in [0.25, 0.3) is 0 Å². The van der Waals surface area contributed by atoms with E-state index in [1.807, 2.05) is 31.3 Å². The zero-order valence-corrected chi connectivity index (χ0v) is 11.6. The number of rotatable bonds is 2. The monoisotopic (exact) mass is 261 g/mol. The first-order chi connectivity index (χ1) is 9.74. The maximum absolute atomic E-state index is 9.01. The summed E-state index contributed by atoms with van der Waals surface area (Å²) in [6, 6.07) is 16.1. The van der Waals surface area contributed by atoms with E-state index in [9.17, 15) is 0 Å². The first-order valence-electron chi connectivity index (χ1n) is 6.69. The van der Waals surface area contributed by atoms with Crippen LogP contribution in [0.15, 0.2) is 42.5 Å². The average Bonchev–Trinajstić information content (AvgIpc) is 2.83. The number of imidazole rings is 1. The molecule has 0 saturated carbocycles. The fraction of sp³-hybridized carbons (Fsp3) is 0.176. The molecule has 20 heavy (non-hydrogen) atoms.